The molecule has 0 saturated carbocycles. The molecule has 1 fully saturated rings. The van der Waals surface area contributed by atoms with E-state index in [1.807, 2.05) is 24.3 Å². The Morgan fingerprint density at radius 2 is 2.04 bits per heavy atom. The first-order valence-electron chi connectivity index (χ1n) is 8.68. The van der Waals surface area contributed by atoms with Gasteiger partial charge in [0.05, 0.1) is 7.11 Å². The molecule has 134 valence electrons. The topological polar surface area (TPSA) is 78.9 Å². The summed E-state index contributed by atoms with van der Waals surface area (Å²) in [6, 6.07) is 11.0. The standard InChI is InChI=1S/C20H20N2O4/c1-26-18-7-4-12(9-17(18)23)15-11-19(24)21-16-10-13(5-6-14(15)16)22-8-2-3-20(22)25/h4-7,9-10,15,23H,2-3,8,11H2,1H3,(H,21,24). The molecule has 26 heavy (non-hydrogen) atoms. The molecular formula is C20H20N2O4. The third-order valence-corrected chi connectivity index (χ3v) is 5.07. The highest BCUT2D eigenvalue weighted by Crippen LogP contribution is 2.41. The van der Waals surface area contributed by atoms with E-state index < -0.39 is 0 Å². The van der Waals surface area contributed by atoms with Crippen LogP contribution in [-0.4, -0.2) is 30.6 Å². The highest BCUT2D eigenvalue weighted by molar-refractivity contribution is 5.99. The van der Waals surface area contributed by atoms with E-state index in [1.165, 1.54) is 7.11 Å². The van der Waals surface area contributed by atoms with Gasteiger partial charge in [0.1, 0.15) is 0 Å². The van der Waals surface area contributed by atoms with Crippen LogP contribution in [0.3, 0.4) is 0 Å². The van der Waals surface area contributed by atoms with Crippen LogP contribution in [-0.2, 0) is 9.59 Å². The first kappa shape index (κ1) is 16.4. The largest absolute Gasteiger partial charge is 0.504 e. The second kappa shape index (κ2) is 6.37. The summed E-state index contributed by atoms with van der Waals surface area (Å²) in [5.41, 5.74) is 3.36. The van der Waals surface area contributed by atoms with Crippen LogP contribution in [0.2, 0.25) is 0 Å². The minimum atomic E-state index is -0.154. The van der Waals surface area contributed by atoms with Crippen molar-refractivity contribution < 1.29 is 19.4 Å². The minimum absolute atomic E-state index is 0.0526. The number of amides is 2. The number of nitrogens with zero attached hydrogens (tertiary/aromatic N) is 1. The summed E-state index contributed by atoms with van der Waals surface area (Å²) in [4.78, 5) is 26.0. The van der Waals surface area contributed by atoms with Crippen molar-refractivity contribution in [3.63, 3.8) is 0 Å². The third-order valence-electron chi connectivity index (χ3n) is 5.07. The van der Waals surface area contributed by atoms with Gasteiger partial charge in [-0.3, -0.25) is 9.59 Å². The number of carbonyl (C=O) groups is 2. The van der Waals surface area contributed by atoms with Gasteiger partial charge in [-0.2, -0.15) is 0 Å². The number of fused-ring (bicyclic) bond motifs is 1. The number of aromatic hydroxyl groups is 1. The first-order valence-corrected chi connectivity index (χ1v) is 8.68. The molecule has 6 nitrogen and oxygen atoms in total. The van der Waals surface area contributed by atoms with E-state index in [0.29, 0.717) is 25.1 Å². The highest BCUT2D eigenvalue weighted by atomic mass is 16.5. The molecule has 2 heterocycles. The van der Waals surface area contributed by atoms with Crippen LogP contribution in [0.25, 0.3) is 0 Å². The van der Waals surface area contributed by atoms with E-state index in [1.54, 1.807) is 17.0 Å². The van der Waals surface area contributed by atoms with E-state index in [0.717, 1.165) is 28.9 Å². The number of hydrogen-bond donors (Lipinski definition) is 2. The van der Waals surface area contributed by atoms with Gasteiger partial charge in [0.2, 0.25) is 11.8 Å². The normalized spacial score (nSPS) is 19.3. The number of nitrogens with one attached hydrogen (secondary N) is 1. The molecule has 4 rings (SSSR count). The molecular weight excluding hydrogens is 332 g/mol. The van der Waals surface area contributed by atoms with Crippen LogP contribution in [0.15, 0.2) is 36.4 Å². The maximum atomic E-state index is 12.2. The fourth-order valence-electron chi connectivity index (χ4n) is 3.76. The number of anilines is 2. The van der Waals surface area contributed by atoms with Crippen molar-refractivity contribution in [2.24, 2.45) is 0 Å². The first-order chi connectivity index (χ1) is 12.6. The lowest BCUT2D eigenvalue weighted by atomic mass is 9.84. The lowest BCUT2D eigenvalue weighted by molar-refractivity contribution is -0.117. The van der Waals surface area contributed by atoms with Crippen LogP contribution < -0.4 is 15.0 Å². The number of phenolic OH excluding ortho intramolecular Hbond substituents is 1. The molecule has 1 atom stereocenters. The van der Waals surface area contributed by atoms with Crippen LogP contribution in [0.4, 0.5) is 11.4 Å². The van der Waals surface area contributed by atoms with Crippen LogP contribution >= 0.6 is 0 Å². The van der Waals surface area contributed by atoms with Gasteiger partial charge in [-0.25, -0.2) is 0 Å². The Bertz CT molecular complexity index is 893. The Balaban J connectivity index is 1.72. The molecule has 1 unspecified atom stereocenters. The average molecular weight is 352 g/mol. The van der Waals surface area contributed by atoms with Gasteiger partial charge in [0, 0.05) is 36.7 Å². The second-order valence-corrected chi connectivity index (χ2v) is 6.66. The molecule has 0 aliphatic carbocycles. The Hall–Kier alpha value is -3.02. The van der Waals surface area contributed by atoms with Gasteiger partial charge < -0.3 is 20.1 Å². The molecule has 2 aromatic rings. The lowest BCUT2D eigenvalue weighted by Gasteiger charge is -2.28. The van der Waals surface area contributed by atoms with Gasteiger partial charge in [0.15, 0.2) is 11.5 Å². The molecule has 0 aromatic heterocycles. The number of hydrogen-bond acceptors (Lipinski definition) is 4. The van der Waals surface area contributed by atoms with Gasteiger partial charge in [0.25, 0.3) is 0 Å². The smallest absolute Gasteiger partial charge is 0.227 e. The van der Waals surface area contributed by atoms with E-state index >= 15 is 0 Å². The molecule has 2 N–H and O–H groups in total. The van der Waals surface area contributed by atoms with Crippen LogP contribution in [0.1, 0.15) is 36.3 Å². The zero-order valence-corrected chi connectivity index (χ0v) is 14.5. The minimum Gasteiger partial charge on any atom is -0.504 e. The summed E-state index contributed by atoms with van der Waals surface area (Å²) in [6.07, 6.45) is 1.73. The second-order valence-electron chi connectivity index (χ2n) is 6.66. The summed E-state index contributed by atoms with van der Waals surface area (Å²) < 4.78 is 5.09. The van der Waals surface area contributed by atoms with Crippen molar-refractivity contribution in [1.82, 2.24) is 0 Å². The number of ether oxygens (including phenoxy) is 1. The summed E-state index contributed by atoms with van der Waals surface area (Å²) in [5.74, 6) is 0.333. The molecule has 0 spiro atoms. The Kier molecular flexibility index (Phi) is 4.03. The Morgan fingerprint density at radius 3 is 2.73 bits per heavy atom. The molecule has 1 saturated heterocycles. The lowest BCUT2D eigenvalue weighted by Crippen LogP contribution is -2.26. The SMILES string of the molecule is COc1ccc(C2CC(=O)Nc3cc(N4CCCC4=O)ccc32)cc1O. The molecule has 2 aromatic carbocycles. The van der Waals surface area contributed by atoms with Gasteiger partial charge in [-0.05, 0) is 41.8 Å². The maximum absolute atomic E-state index is 12.2. The highest BCUT2D eigenvalue weighted by Gasteiger charge is 2.29. The summed E-state index contributed by atoms with van der Waals surface area (Å²) in [5, 5.41) is 13.0. The number of carbonyl (C=O) groups excluding carboxylic acids is 2. The number of phenols is 1. The van der Waals surface area contributed by atoms with E-state index in [2.05, 4.69) is 5.32 Å². The zero-order chi connectivity index (χ0) is 18.3. The third kappa shape index (κ3) is 2.77. The predicted molar refractivity (Wildman–Crippen MR) is 97.8 cm³/mol. The van der Waals surface area contributed by atoms with Gasteiger partial charge >= 0.3 is 0 Å². The Morgan fingerprint density at radius 1 is 1.19 bits per heavy atom. The van der Waals surface area contributed by atoms with Gasteiger partial charge in [-0.1, -0.05) is 12.1 Å². The van der Waals surface area contributed by atoms with Crippen molar-refractivity contribution in [1.29, 1.82) is 0 Å². The van der Waals surface area contributed by atoms with Crippen molar-refractivity contribution in [2.75, 3.05) is 23.9 Å². The van der Waals surface area contributed by atoms with Crippen molar-refractivity contribution in [3.05, 3.63) is 47.5 Å². The van der Waals surface area contributed by atoms with Crippen molar-refractivity contribution >= 4 is 23.2 Å². The quantitative estimate of drug-likeness (QED) is 0.890. The predicted octanol–water partition coefficient (Wildman–Crippen LogP) is 3.00. The van der Waals surface area contributed by atoms with Crippen molar-refractivity contribution in [2.45, 2.75) is 25.2 Å². The van der Waals surface area contributed by atoms with Crippen molar-refractivity contribution in [3.8, 4) is 11.5 Å². The van der Waals surface area contributed by atoms with Crippen LogP contribution in [0.5, 0.6) is 11.5 Å². The molecule has 2 amide bonds. The fraction of sp³-hybridized carbons (Fsp3) is 0.300. The number of rotatable bonds is 3. The molecule has 2 aliphatic heterocycles. The fourth-order valence-corrected chi connectivity index (χ4v) is 3.76. The summed E-state index contributed by atoms with van der Waals surface area (Å²) in [7, 11) is 1.50. The summed E-state index contributed by atoms with van der Waals surface area (Å²) in [6.45, 7) is 0.710. The molecule has 0 bridgehead atoms. The number of methoxy groups -OCH3 is 1. The number of benzene rings is 2. The van der Waals surface area contributed by atoms with E-state index in [9.17, 15) is 14.7 Å². The zero-order valence-electron chi connectivity index (χ0n) is 14.5. The van der Waals surface area contributed by atoms with Crippen LogP contribution in [0, 0.1) is 0 Å². The Labute approximate surface area is 151 Å². The molecule has 0 radical (unpaired) electrons. The molecule has 6 heteroatoms. The summed E-state index contributed by atoms with van der Waals surface area (Å²) >= 11 is 0. The monoisotopic (exact) mass is 352 g/mol. The van der Waals surface area contributed by atoms with E-state index in [-0.39, 0.29) is 23.5 Å². The van der Waals surface area contributed by atoms with Gasteiger partial charge in [-0.15, -0.1) is 0 Å². The average Bonchev–Trinajstić information content (AvgIpc) is 3.06. The molecule has 2 aliphatic rings. The maximum Gasteiger partial charge on any atom is 0.227 e. The van der Waals surface area contributed by atoms with E-state index in [4.69, 9.17) is 4.74 Å².